The van der Waals surface area contributed by atoms with E-state index in [1.54, 1.807) is 7.11 Å². The maximum absolute atomic E-state index is 5.70. The number of rotatable bonds is 4. The van der Waals surface area contributed by atoms with E-state index in [1.807, 2.05) is 18.3 Å². The fourth-order valence-corrected chi connectivity index (χ4v) is 3.82. The zero-order valence-corrected chi connectivity index (χ0v) is 14.0. The first-order valence-corrected chi connectivity index (χ1v) is 7.80. The second kappa shape index (κ2) is 6.47. The smallest absolute Gasteiger partial charge is 0.213 e. The summed E-state index contributed by atoms with van der Waals surface area (Å²) in [7, 11) is 1.65. The molecule has 2 aromatic rings. The largest absolute Gasteiger partial charge is 0.481 e. The van der Waals surface area contributed by atoms with Crippen molar-refractivity contribution in [2.45, 2.75) is 18.5 Å². The molecular formula is C16H22ClN5O. The molecule has 6 nitrogen and oxygen atoms in total. The Kier molecular flexibility index (Phi) is 4.57. The quantitative estimate of drug-likeness (QED) is 0.908. The summed E-state index contributed by atoms with van der Waals surface area (Å²) in [5, 5.41) is 0. The molecule has 0 amide bonds. The molecule has 2 aliphatic heterocycles. The van der Waals surface area contributed by atoms with Crippen LogP contribution in [-0.4, -0.2) is 60.2 Å². The van der Waals surface area contributed by atoms with Crippen molar-refractivity contribution in [1.82, 2.24) is 14.9 Å². The Morgan fingerprint density at radius 1 is 1.26 bits per heavy atom. The highest BCUT2D eigenvalue weighted by Crippen LogP contribution is 2.37. The zero-order chi connectivity index (χ0) is 15.1. The number of hydrogen-bond acceptors (Lipinski definition) is 6. The van der Waals surface area contributed by atoms with Gasteiger partial charge < -0.3 is 15.4 Å². The van der Waals surface area contributed by atoms with Gasteiger partial charge in [0.15, 0.2) is 0 Å². The van der Waals surface area contributed by atoms with Crippen molar-refractivity contribution in [3.05, 3.63) is 24.4 Å². The van der Waals surface area contributed by atoms with Crippen LogP contribution in [0.4, 0.5) is 5.69 Å². The number of methoxy groups -OCH3 is 1. The van der Waals surface area contributed by atoms with Gasteiger partial charge in [-0.05, 0) is 18.6 Å². The van der Waals surface area contributed by atoms with Crippen LogP contribution in [0.2, 0.25) is 0 Å². The number of likely N-dealkylation sites (tertiary alicyclic amines) is 1. The second-order valence-corrected chi connectivity index (χ2v) is 6.03. The predicted molar refractivity (Wildman–Crippen MR) is 93.5 cm³/mol. The van der Waals surface area contributed by atoms with Gasteiger partial charge in [-0.3, -0.25) is 9.88 Å². The lowest BCUT2D eigenvalue weighted by Gasteiger charge is -2.35. The lowest BCUT2D eigenvalue weighted by atomic mass is 10.2. The van der Waals surface area contributed by atoms with Gasteiger partial charge in [-0.1, -0.05) is 0 Å². The molecule has 0 aliphatic carbocycles. The van der Waals surface area contributed by atoms with Gasteiger partial charge in [0.1, 0.15) is 5.52 Å². The highest BCUT2D eigenvalue weighted by atomic mass is 35.5. The van der Waals surface area contributed by atoms with Crippen LogP contribution in [-0.2, 0) is 0 Å². The predicted octanol–water partition coefficient (Wildman–Crippen LogP) is 1.28. The number of pyridine rings is 2. The molecule has 2 bridgehead atoms. The van der Waals surface area contributed by atoms with Crippen molar-refractivity contribution in [2.75, 3.05) is 38.2 Å². The first-order chi connectivity index (χ1) is 10.8. The summed E-state index contributed by atoms with van der Waals surface area (Å²) in [5.74, 6) is 0.635. The summed E-state index contributed by atoms with van der Waals surface area (Å²) in [6, 6.07) is 7.07. The SMILES string of the molecule is COc1ccc2nccc(N3C[C@@H]4C[C@H]3CN4CCN)c2n1.Cl. The molecule has 0 unspecified atom stereocenters. The molecule has 4 heterocycles. The molecule has 2 fully saturated rings. The van der Waals surface area contributed by atoms with Crippen LogP contribution < -0.4 is 15.4 Å². The summed E-state index contributed by atoms with van der Waals surface area (Å²) in [6.07, 6.45) is 3.09. The molecule has 4 rings (SSSR count). The molecule has 23 heavy (non-hydrogen) atoms. The normalized spacial score (nSPS) is 23.3. The Hall–Kier alpha value is -1.63. The van der Waals surface area contributed by atoms with Crippen molar-refractivity contribution >= 4 is 29.1 Å². The van der Waals surface area contributed by atoms with Crippen molar-refractivity contribution in [1.29, 1.82) is 0 Å². The van der Waals surface area contributed by atoms with Crippen LogP contribution in [0.15, 0.2) is 24.4 Å². The van der Waals surface area contributed by atoms with Crippen LogP contribution in [0.25, 0.3) is 11.0 Å². The van der Waals surface area contributed by atoms with Gasteiger partial charge in [0.05, 0.1) is 18.3 Å². The molecule has 2 N–H and O–H groups in total. The summed E-state index contributed by atoms with van der Waals surface area (Å²) < 4.78 is 5.27. The van der Waals surface area contributed by atoms with E-state index in [-0.39, 0.29) is 12.4 Å². The Labute approximate surface area is 142 Å². The van der Waals surface area contributed by atoms with Gasteiger partial charge in [-0.25, -0.2) is 4.98 Å². The maximum atomic E-state index is 5.70. The average Bonchev–Trinajstić information content (AvgIpc) is 3.14. The Morgan fingerprint density at radius 2 is 2.13 bits per heavy atom. The minimum atomic E-state index is 0. The van der Waals surface area contributed by atoms with Crippen molar-refractivity contribution in [2.24, 2.45) is 5.73 Å². The number of nitrogens with two attached hydrogens (primary N) is 1. The lowest BCUT2D eigenvalue weighted by Crippen LogP contribution is -2.47. The van der Waals surface area contributed by atoms with Crippen LogP contribution in [0.3, 0.4) is 0 Å². The number of aromatic nitrogens is 2. The summed E-state index contributed by atoms with van der Waals surface area (Å²) in [5.41, 5.74) is 8.72. The van der Waals surface area contributed by atoms with E-state index in [0.717, 1.165) is 37.2 Å². The summed E-state index contributed by atoms with van der Waals surface area (Å²) >= 11 is 0. The number of halogens is 1. The Balaban J connectivity index is 0.00000156. The number of hydrogen-bond donors (Lipinski definition) is 1. The number of fused-ring (bicyclic) bond motifs is 3. The van der Waals surface area contributed by atoms with Gasteiger partial charge >= 0.3 is 0 Å². The van der Waals surface area contributed by atoms with Gasteiger partial charge in [0.2, 0.25) is 5.88 Å². The first-order valence-electron chi connectivity index (χ1n) is 7.80. The van der Waals surface area contributed by atoms with E-state index in [4.69, 9.17) is 10.5 Å². The van der Waals surface area contributed by atoms with E-state index in [1.165, 1.54) is 12.1 Å². The number of piperazine rings is 1. The molecule has 2 saturated heterocycles. The minimum absolute atomic E-state index is 0. The average molecular weight is 336 g/mol. The molecule has 2 atom stereocenters. The molecule has 0 saturated carbocycles. The lowest BCUT2D eigenvalue weighted by molar-refractivity contribution is 0.245. The first kappa shape index (κ1) is 16.2. The number of nitrogens with zero attached hydrogens (tertiary/aromatic N) is 4. The topological polar surface area (TPSA) is 67.5 Å². The van der Waals surface area contributed by atoms with Gasteiger partial charge in [0, 0.05) is 50.5 Å². The van der Waals surface area contributed by atoms with E-state index in [9.17, 15) is 0 Å². The van der Waals surface area contributed by atoms with Crippen molar-refractivity contribution in [3.63, 3.8) is 0 Å². The van der Waals surface area contributed by atoms with Crippen LogP contribution in [0.5, 0.6) is 5.88 Å². The monoisotopic (exact) mass is 335 g/mol. The highest BCUT2D eigenvalue weighted by molar-refractivity contribution is 5.88. The molecule has 7 heteroatoms. The summed E-state index contributed by atoms with van der Waals surface area (Å²) in [6.45, 7) is 3.87. The van der Waals surface area contributed by atoms with E-state index < -0.39 is 0 Å². The fourth-order valence-electron chi connectivity index (χ4n) is 3.82. The second-order valence-electron chi connectivity index (χ2n) is 6.03. The molecule has 124 valence electrons. The molecule has 0 spiro atoms. The highest BCUT2D eigenvalue weighted by Gasteiger charge is 2.43. The van der Waals surface area contributed by atoms with E-state index in [0.29, 0.717) is 18.0 Å². The van der Waals surface area contributed by atoms with E-state index >= 15 is 0 Å². The molecule has 2 aromatic heterocycles. The third kappa shape index (κ3) is 2.71. The minimum Gasteiger partial charge on any atom is -0.481 e. The van der Waals surface area contributed by atoms with Crippen molar-refractivity contribution in [3.8, 4) is 5.88 Å². The zero-order valence-electron chi connectivity index (χ0n) is 13.2. The van der Waals surface area contributed by atoms with Crippen LogP contribution in [0.1, 0.15) is 6.42 Å². The fraction of sp³-hybridized carbons (Fsp3) is 0.500. The van der Waals surface area contributed by atoms with E-state index in [2.05, 4.69) is 25.8 Å². The molecule has 0 radical (unpaired) electrons. The van der Waals surface area contributed by atoms with Gasteiger partial charge in [-0.15, -0.1) is 12.4 Å². The van der Waals surface area contributed by atoms with Crippen LogP contribution in [0, 0.1) is 0 Å². The van der Waals surface area contributed by atoms with Crippen molar-refractivity contribution < 1.29 is 4.74 Å². The standard InChI is InChI=1S/C16H21N5O.ClH/c1-22-15-3-2-13-16(19-15)14(4-6-18-13)21-10-11-8-12(21)9-20(11)7-5-17;/h2-4,6,11-12H,5,7-10,17H2,1H3;1H/t11-,12-;/m0./s1. The maximum Gasteiger partial charge on any atom is 0.213 e. The third-order valence-corrected chi connectivity index (χ3v) is 4.83. The number of anilines is 1. The summed E-state index contributed by atoms with van der Waals surface area (Å²) in [4.78, 5) is 14.0. The number of ether oxygens (including phenoxy) is 1. The molecular weight excluding hydrogens is 314 g/mol. The Morgan fingerprint density at radius 3 is 2.83 bits per heavy atom. The van der Waals surface area contributed by atoms with Gasteiger partial charge in [-0.2, -0.15) is 0 Å². The third-order valence-electron chi connectivity index (χ3n) is 4.83. The Bertz CT molecular complexity index is 697. The molecule has 0 aromatic carbocycles. The molecule has 2 aliphatic rings. The van der Waals surface area contributed by atoms with Gasteiger partial charge in [0.25, 0.3) is 0 Å². The van der Waals surface area contributed by atoms with Crippen LogP contribution >= 0.6 is 12.4 Å².